The van der Waals surface area contributed by atoms with E-state index < -0.39 is 0 Å². The molecule has 1 N–H and O–H groups in total. The monoisotopic (exact) mass is 318 g/mol. The van der Waals surface area contributed by atoms with Crippen LogP contribution in [0.1, 0.15) is 42.0 Å². The molecule has 4 rings (SSSR count). The molecular weight excluding hydrogens is 292 g/mol. The molecule has 0 amide bonds. The van der Waals surface area contributed by atoms with Crippen molar-refractivity contribution in [2.24, 2.45) is 0 Å². The summed E-state index contributed by atoms with van der Waals surface area (Å²) >= 11 is 0. The second-order valence-corrected chi connectivity index (χ2v) is 6.94. The molecule has 1 unspecified atom stereocenters. The van der Waals surface area contributed by atoms with Crippen molar-refractivity contribution >= 4 is 5.57 Å². The van der Waals surface area contributed by atoms with E-state index in [0.717, 1.165) is 32.6 Å². The molecule has 0 aromatic heterocycles. The maximum absolute atomic E-state index is 3.66. The van der Waals surface area contributed by atoms with Crippen molar-refractivity contribution in [2.75, 3.05) is 19.6 Å². The van der Waals surface area contributed by atoms with Crippen molar-refractivity contribution in [3.63, 3.8) is 0 Å². The molecule has 0 radical (unpaired) electrons. The first-order valence-electron chi connectivity index (χ1n) is 9.18. The Bertz CT molecular complexity index is 699. The van der Waals surface area contributed by atoms with Crippen molar-refractivity contribution < 1.29 is 0 Å². The van der Waals surface area contributed by atoms with E-state index in [4.69, 9.17) is 0 Å². The van der Waals surface area contributed by atoms with Gasteiger partial charge in [0.05, 0.1) is 0 Å². The lowest BCUT2D eigenvalue weighted by molar-refractivity contribution is 0.294. The van der Waals surface area contributed by atoms with E-state index in [1.165, 1.54) is 35.1 Å². The van der Waals surface area contributed by atoms with Crippen molar-refractivity contribution in [2.45, 2.75) is 31.8 Å². The van der Waals surface area contributed by atoms with Crippen LogP contribution in [0.4, 0.5) is 0 Å². The van der Waals surface area contributed by atoms with Gasteiger partial charge in [-0.05, 0) is 48.1 Å². The Kier molecular flexibility index (Phi) is 4.77. The summed E-state index contributed by atoms with van der Waals surface area (Å²) in [6.07, 6.45) is 6.16. The number of benzene rings is 2. The average Bonchev–Trinajstić information content (AvgIpc) is 3.18. The summed E-state index contributed by atoms with van der Waals surface area (Å²) < 4.78 is 0. The third-order valence-electron chi connectivity index (χ3n) is 5.28. The zero-order valence-electron chi connectivity index (χ0n) is 14.2. The van der Waals surface area contributed by atoms with Gasteiger partial charge < -0.3 is 5.32 Å². The standard InChI is InChI=1S/C22H26N2/c1-2-7-18(8-3-1)17-24-15-12-19(13-16-24)20-9-4-5-10-21(20)22-11-6-14-23-22/h1-5,7-10,12,22-23H,6,11,13-17H2. The predicted molar refractivity (Wildman–Crippen MR) is 101 cm³/mol. The van der Waals surface area contributed by atoms with Gasteiger partial charge >= 0.3 is 0 Å². The SMILES string of the molecule is C1=C(c2ccccc2C2CCCN2)CCN(Cc2ccccc2)C1. The molecule has 2 aromatic carbocycles. The van der Waals surface area contributed by atoms with E-state index in [-0.39, 0.29) is 0 Å². The molecule has 2 nitrogen and oxygen atoms in total. The molecule has 2 aliphatic rings. The lowest BCUT2D eigenvalue weighted by Gasteiger charge is -2.28. The normalized spacial score (nSPS) is 21.7. The lowest BCUT2D eigenvalue weighted by Crippen LogP contribution is -2.28. The summed E-state index contributed by atoms with van der Waals surface area (Å²) in [5.41, 5.74) is 5.91. The summed E-state index contributed by atoms with van der Waals surface area (Å²) in [7, 11) is 0. The minimum Gasteiger partial charge on any atom is -0.310 e. The second kappa shape index (κ2) is 7.33. The molecular formula is C22H26N2. The van der Waals surface area contributed by atoms with E-state index in [9.17, 15) is 0 Å². The van der Waals surface area contributed by atoms with Gasteiger partial charge in [0, 0.05) is 25.7 Å². The molecule has 2 aromatic rings. The summed E-state index contributed by atoms with van der Waals surface area (Å²) in [5.74, 6) is 0. The molecule has 2 heterocycles. The Hall–Kier alpha value is -1.90. The first kappa shape index (κ1) is 15.6. The number of hydrogen-bond acceptors (Lipinski definition) is 2. The van der Waals surface area contributed by atoms with Crippen molar-refractivity contribution in [3.8, 4) is 0 Å². The van der Waals surface area contributed by atoms with Crippen LogP contribution in [0.25, 0.3) is 5.57 Å². The zero-order valence-corrected chi connectivity index (χ0v) is 14.2. The summed E-state index contributed by atoms with van der Waals surface area (Å²) in [4.78, 5) is 2.54. The van der Waals surface area contributed by atoms with Crippen molar-refractivity contribution in [1.29, 1.82) is 0 Å². The fourth-order valence-electron chi connectivity index (χ4n) is 3.98. The molecule has 1 fully saturated rings. The summed E-state index contributed by atoms with van der Waals surface area (Å²) in [5, 5.41) is 3.66. The van der Waals surface area contributed by atoms with Crippen LogP contribution in [0.2, 0.25) is 0 Å². The lowest BCUT2D eigenvalue weighted by atomic mass is 9.91. The van der Waals surface area contributed by atoms with Gasteiger partial charge in [0.2, 0.25) is 0 Å². The Labute approximate surface area is 145 Å². The van der Waals surface area contributed by atoms with Crippen LogP contribution in [-0.2, 0) is 6.54 Å². The Morgan fingerprint density at radius 2 is 1.83 bits per heavy atom. The van der Waals surface area contributed by atoms with E-state index >= 15 is 0 Å². The average molecular weight is 318 g/mol. The highest BCUT2D eigenvalue weighted by atomic mass is 15.1. The van der Waals surface area contributed by atoms with Gasteiger partial charge in [-0.2, -0.15) is 0 Å². The number of hydrogen-bond donors (Lipinski definition) is 1. The van der Waals surface area contributed by atoms with Crippen molar-refractivity contribution in [3.05, 3.63) is 77.4 Å². The zero-order chi connectivity index (χ0) is 16.2. The Morgan fingerprint density at radius 3 is 2.58 bits per heavy atom. The van der Waals surface area contributed by atoms with Crippen LogP contribution in [0, 0.1) is 0 Å². The molecule has 0 saturated carbocycles. The molecule has 1 saturated heterocycles. The largest absolute Gasteiger partial charge is 0.310 e. The maximum Gasteiger partial charge on any atom is 0.0326 e. The van der Waals surface area contributed by atoms with Crippen LogP contribution in [-0.4, -0.2) is 24.5 Å². The Balaban J connectivity index is 1.48. The van der Waals surface area contributed by atoms with Crippen molar-refractivity contribution in [1.82, 2.24) is 10.2 Å². The van der Waals surface area contributed by atoms with E-state index in [1.807, 2.05) is 0 Å². The van der Waals surface area contributed by atoms with Gasteiger partial charge in [-0.15, -0.1) is 0 Å². The van der Waals surface area contributed by atoms with Crippen LogP contribution in [0.3, 0.4) is 0 Å². The van der Waals surface area contributed by atoms with Crippen LogP contribution in [0.5, 0.6) is 0 Å². The third kappa shape index (κ3) is 3.45. The highest BCUT2D eigenvalue weighted by Gasteiger charge is 2.21. The van der Waals surface area contributed by atoms with Crippen LogP contribution >= 0.6 is 0 Å². The fraction of sp³-hybridized carbons (Fsp3) is 0.364. The van der Waals surface area contributed by atoms with E-state index in [0.29, 0.717) is 6.04 Å². The third-order valence-corrected chi connectivity index (χ3v) is 5.28. The van der Waals surface area contributed by atoms with Gasteiger partial charge in [0.25, 0.3) is 0 Å². The number of nitrogens with zero attached hydrogens (tertiary/aromatic N) is 1. The highest BCUT2D eigenvalue weighted by molar-refractivity contribution is 5.69. The van der Waals surface area contributed by atoms with Gasteiger partial charge in [-0.25, -0.2) is 0 Å². The number of rotatable bonds is 4. The molecule has 24 heavy (non-hydrogen) atoms. The highest BCUT2D eigenvalue weighted by Crippen LogP contribution is 2.32. The molecule has 2 heteroatoms. The molecule has 0 bridgehead atoms. The second-order valence-electron chi connectivity index (χ2n) is 6.94. The quantitative estimate of drug-likeness (QED) is 0.899. The van der Waals surface area contributed by atoms with E-state index in [1.54, 1.807) is 0 Å². The summed E-state index contributed by atoms with van der Waals surface area (Å²) in [6.45, 7) is 4.41. The molecule has 2 aliphatic heterocycles. The minimum atomic E-state index is 0.546. The minimum absolute atomic E-state index is 0.546. The Morgan fingerprint density at radius 1 is 1.00 bits per heavy atom. The summed E-state index contributed by atoms with van der Waals surface area (Å²) in [6, 6.07) is 20.3. The van der Waals surface area contributed by atoms with Gasteiger partial charge in [0.1, 0.15) is 0 Å². The van der Waals surface area contributed by atoms with Gasteiger partial charge in [-0.3, -0.25) is 4.90 Å². The van der Waals surface area contributed by atoms with Crippen LogP contribution in [0.15, 0.2) is 60.7 Å². The van der Waals surface area contributed by atoms with Gasteiger partial charge in [0.15, 0.2) is 0 Å². The fourth-order valence-corrected chi connectivity index (χ4v) is 3.98. The molecule has 124 valence electrons. The first-order valence-corrected chi connectivity index (χ1v) is 9.18. The number of nitrogens with one attached hydrogen (secondary N) is 1. The molecule has 1 atom stereocenters. The van der Waals surface area contributed by atoms with E-state index in [2.05, 4.69) is 70.9 Å². The maximum atomic E-state index is 3.66. The smallest absolute Gasteiger partial charge is 0.0326 e. The topological polar surface area (TPSA) is 15.3 Å². The predicted octanol–water partition coefficient (Wildman–Crippen LogP) is 4.40. The first-order chi connectivity index (χ1) is 11.9. The van der Waals surface area contributed by atoms with Gasteiger partial charge in [-0.1, -0.05) is 60.7 Å². The van der Waals surface area contributed by atoms with Crippen LogP contribution < -0.4 is 5.32 Å². The molecule has 0 aliphatic carbocycles. The molecule has 0 spiro atoms.